The molecule has 0 amide bonds. The molecule has 0 saturated carbocycles. The summed E-state index contributed by atoms with van der Waals surface area (Å²) in [6.07, 6.45) is 1.76. The van der Waals surface area contributed by atoms with Crippen molar-refractivity contribution in [3.63, 3.8) is 0 Å². The Morgan fingerprint density at radius 3 is 2.46 bits per heavy atom. The number of esters is 2. The normalized spacial score (nSPS) is 10.8. The molecule has 0 heterocycles. The number of carbonyl (C=O) groups excluding carboxylic acids is 2. The van der Waals surface area contributed by atoms with E-state index >= 15 is 0 Å². The van der Waals surface area contributed by atoms with Crippen LogP contribution >= 0.6 is 0 Å². The maximum Gasteiger partial charge on any atom is 0.417 e. The molecule has 0 aromatic heterocycles. The zero-order valence-corrected chi connectivity index (χ0v) is 7.50. The van der Waals surface area contributed by atoms with Gasteiger partial charge in [0.2, 0.25) is 0 Å². The Morgan fingerprint density at radius 1 is 1.38 bits per heavy atom. The number of carbonyl (C=O) groups is 2. The molecule has 0 fully saturated rings. The van der Waals surface area contributed by atoms with Crippen LogP contribution in [0.5, 0.6) is 0 Å². The summed E-state index contributed by atoms with van der Waals surface area (Å²) in [5, 5.41) is 0. The van der Waals surface area contributed by atoms with E-state index in [1.54, 1.807) is 6.92 Å². The van der Waals surface area contributed by atoms with Crippen LogP contribution in [0.2, 0.25) is 0 Å². The van der Waals surface area contributed by atoms with Crippen LogP contribution in [-0.2, 0) is 19.1 Å². The van der Waals surface area contributed by atoms with Gasteiger partial charge in [-0.15, -0.1) is 0 Å². The van der Waals surface area contributed by atoms with Gasteiger partial charge in [0.25, 0.3) is 0 Å². The summed E-state index contributed by atoms with van der Waals surface area (Å²) in [6, 6.07) is 0. The fraction of sp³-hybridized carbons (Fsp3) is 0.500. The fourth-order valence-electron chi connectivity index (χ4n) is 0.557. The zero-order valence-electron chi connectivity index (χ0n) is 7.50. The summed E-state index contributed by atoms with van der Waals surface area (Å²) in [4.78, 5) is 21.0. The Morgan fingerprint density at radius 2 is 2.00 bits per heavy atom. The number of rotatable bonds is 3. The predicted molar refractivity (Wildman–Crippen MR) is 42.5 cm³/mol. The molecule has 0 unspecified atom stereocenters. The van der Waals surface area contributed by atoms with Crippen molar-refractivity contribution in [1.82, 2.24) is 0 Å². The Balaban J connectivity index is 3.83. The molecule has 0 aromatic carbocycles. The van der Waals surface area contributed by atoms with Crippen molar-refractivity contribution in [2.45, 2.75) is 13.3 Å². The Labute approximate surface area is 75.3 Å². The van der Waals surface area contributed by atoms with Gasteiger partial charge in [-0.2, -0.15) is 0 Å². The molecule has 0 spiro atoms. The third-order valence-corrected chi connectivity index (χ3v) is 1.12. The first-order valence-electron chi connectivity index (χ1n) is 3.71. The van der Waals surface area contributed by atoms with Crippen LogP contribution in [0.1, 0.15) is 13.3 Å². The molecule has 4 nitrogen and oxygen atoms in total. The average Bonchev–Trinajstić information content (AvgIpc) is 2.13. The molecule has 0 rings (SSSR count). The molecule has 0 N–H and O–H groups in total. The maximum atomic E-state index is 12.6. The SMILES string of the molecule is CC/C=C(\F)COC(=O)C(=O)OC. The smallest absolute Gasteiger partial charge is 0.417 e. The Hall–Kier alpha value is -1.39. The van der Waals surface area contributed by atoms with Gasteiger partial charge in [-0.1, -0.05) is 6.92 Å². The number of hydrogen-bond donors (Lipinski definition) is 0. The van der Waals surface area contributed by atoms with Crippen LogP contribution in [0.15, 0.2) is 11.9 Å². The monoisotopic (exact) mass is 190 g/mol. The van der Waals surface area contributed by atoms with Crippen LogP contribution in [-0.4, -0.2) is 25.7 Å². The lowest BCUT2D eigenvalue weighted by Gasteiger charge is -2.00. The number of hydrogen-bond acceptors (Lipinski definition) is 4. The largest absolute Gasteiger partial charge is 0.461 e. The van der Waals surface area contributed by atoms with Gasteiger partial charge >= 0.3 is 11.9 Å². The molecule has 13 heavy (non-hydrogen) atoms. The van der Waals surface area contributed by atoms with Crippen LogP contribution in [0.25, 0.3) is 0 Å². The minimum atomic E-state index is -1.19. The third kappa shape index (κ3) is 4.95. The van der Waals surface area contributed by atoms with Gasteiger partial charge < -0.3 is 9.47 Å². The molecule has 0 aromatic rings. The van der Waals surface area contributed by atoms with Gasteiger partial charge in [-0.25, -0.2) is 14.0 Å². The second-order valence-corrected chi connectivity index (χ2v) is 2.13. The zero-order chi connectivity index (χ0) is 10.3. The summed E-state index contributed by atoms with van der Waals surface area (Å²) < 4.78 is 20.9. The van der Waals surface area contributed by atoms with Crippen LogP contribution in [0, 0.1) is 0 Å². The van der Waals surface area contributed by atoms with Crippen LogP contribution < -0.4 is 0 Å². The first-order chi connectivity index (χ1) is 6.11. The van der Waals surface area contributed by atoms with Crippen molar-refractivity contribution >= 4 is 11.9 Å². The minimum absolute atomic E-state index is 0.502. The van der Waals surface area contributed by atoms with Crippen molar-refractivity contribution < 1.29 is 23.5 Å². The second kappa shape index (κ2) is 6.16. The molecule has 0 radical (unpaired) electrons. The molecular formula is C8H11FO4. The van der Waals surface area contributed by atoms with E-state index in [0.717, 1.165) is 7.11 Å². The second-order valence-electron chi connectivity index (χ2n) is 2.13. The molecule has 0 aliphatic rings. The summed E-state index contributed by atoms with van der Waals surface area (Å²) in [5.74, 6) is -2.91. The number of allylic oxidation sites excluding steroid dienone is 1. The molecule has 0 saturated heterocycles. The highest BCUT2D eigenvalue weighted by Gasteiger charge is 2.15. The average molecular weight is 190 g/mol. The highest BCUT2D eigenvalue weighted by atomic mass is 19.1. The van der Waals surface area contributed by atoms with Gasteiger partial charge in [0.1, 0.15) is 12.4 Å². The molecule has 0 aliphatic heterocycles. The van der Waals surface area contributed by atoms with E-state index in [2.05, 4.69) is 9.47 Å². The van der Waals surface area contributed by atoms with Crippen molar-refractivity contribution in [3.05, 3.63) is 11.9 Å². The van der Waals surface area contributed by atoms with Gasteiger partial charge in [-0.3, -0.25) is 0 Å². The van der Waals surface area contributed by atoms with E-state index in [1.165, 1.54) is 6.08 Å². The molecule has 0 atom stereocenters. The Kier molecular flexibility index (Phi) is 5.50. The molecule has 5 heteroatoms. The third-order valence-electron chi connectivity index (χ3n) is 1.12. The first kappa shape index (κ1) is 11.6. The highest BCUT2D eigenvalue weighted by Crippen LogP contribution is 1.99. The summed E-state index contributed by atoms with van der Waals surface area (Å²) in [5.41, 5.74) is 0. The quantitative estimate of drug-likeness (QED) is 0.491. The standard InChI is InChI=1S/C8H11FO4/c1-3-4-6(9)5-13-8(11)7(10)12-2/h4H,3,5H2,1-2H3/b6-4-. The van der Waals surface area contributed by atoms with Crippen molar-refractivity contribution in [2.24, 2.45) is 0 Å². The van der Waals surface area contributed by atoms with Crippen molar-refractivity contribution in [3.8, 4) is 0 Å². The molecular weight excluding hydrogens is 179 g/mol. The van der Waals surface area contributed by atoms with Gasteiger partial charge in [0, 0.05) is 0 Å². The summed E-state index contributed by atoms with van der Waals surface area (Å²) in [7, 11) is 1.04. The van der Waals surface area contributed by atoms with Gasteiger partial charge in [-0.05, 0) is 12.5 Å². The first-order valence-corrected chi connectivity index (χ1v) is 3.71. The number of ether oxygens (including phenoxy) is 2. The number of methoxy groups -OCH3 is 1. The predicted octanol–water partition coefficient (Wildman–Crippen LogP) is 0.966. The molecule has 0 aliphatic carbocycles. The van der Waals surface area contributed by atoms with E-state index in [0.29, 0.717) is 6.42 Å². The van der Waals surface area contributed by atoms with E-state index in [-0.39, 0.29) is 0 Å². The minimum Gasteiger partial charge on any atom is -0.461 e. The topological polar surface area (TPSA) is 52.6 Å². The van der Waals surface area contributed by atoms with E-state index < -0.39 is 24.4 Å². The highest BCUT2D eigenvalue weighted by molar-refractivity contribution is 6.29. The van der Waals surface area contributed by atoms with Gasteiger partial charge in [0.15, 0.2) is 0 Å². The lowest BCUT2D eigenvalue weighted by Crippen LogP contribution is -2.19. The van der Waals surface area contributed by atoms with E-state index in [1.807, 2.05) is 0 Å². The van der Waals surface area contributed by atoms with Crippen LogP contribution in [0.3, 0.4) is 0 Å². The summed E-state index contributed by atoms with van der Waals surface area (Å²) in [6.45, 7) is 1.21. The number of halogens is 1. The lowest BCUT2D eigenvalue weighted by atomic mass is 10.4. The van der Waals surface area contributed by atoms with Gasteiger partial charge in [0.05, 0.1) is 7.11 Å². The Bertz CT molecular complexity index is 222. The maximum absolute atomic E-state index is 12.6. The van der Waals surface area contributed by atoms with E-state index in [4.69, 9.17) is 0 Å². The molecule has 0 bridgehead atoms. The van der Waals surface area contributed by atoms with Crippen molar-refractivity contribution in [1.29, 1.82) is 0 Å². The fourth-order valence-corrected chi connectivity index (χ4v) is 0.557. The van der Waals surface area contributed by atoms with Crippen LogP contribution in [0.4, 0.5) is 4.39 Å². The summed E-state index contributed by atoms with van der Waals surface area (Å²) >= 11 is 0. The van der Waals surface area contributed by atoms with E-state index in [9.17, 15) is 14.0 Å². The van der Waals surface area contributed by atoms with Crippen molar-refractivity contribution in [2.75, 3.05) is 13.7 Å². The molecule has 74 valence electrons. The lowest BCUT2D eigenvalue weighted by molar-refractivity contribution is -0.165.